The first-order chi connectivity index (χ1) is 12.0. The fourth-order valence-corrected chi connectivity index (χ4v) is 2.30. The molecule has 0 atom stereocenters. The van der Waals surface area contributed by atoms with E-state index in [9.17, 15) is 19.7 Å². The van der Waals surface area contributed by atoms with Crippen molar-refractivity contribution in [3.63, 3.8) is 0 Å². The van der Waals surface area contributed by atoms with Crippen LogP contribution in [0.4, 0.5) is 5.69 Å². The van der Waals surface area contributed by atoms with Crippen LogP contribution in [-0.4, -0.2) is 40.7 Å². The molecule has 1 amide bonds. The van der Waals surface area contributed by atoms with E-state index in [1.807, 2.05) is 0 Å². The maximum atomic E-state index is 12.2. The van der Waals surface area contributed by atoms with Crippen molar-refractivity contribution in [2.45, 2.75) is 13.3 Å². The summed E-state index contributed by atoms with van der Waals surface area (Å²) in [4.78, 5) is 35.0. The van der Waals surface area contributed by atoms with E-state index in [-0.39, 0.29) is 29.5 Å². The second-order valence-corrected chi connectivity index (χ2v) is 5.37. The van der Waals surface area contributed by atoms with Crippen molar-refractivity contribution in [3.05, 3.63) is 62.1 Å². The summed E-state index contributed by atoms with van der Waals surface area (Å²) in [6, 6.07) is 7.25. The van der Waals surface area contributed by atoms with Crippen LogP contribution in [-0.2, 0) is 0 Å². The number of amides is 1. The van der Waals surface area contributed by atoms with Gasteiger partial charge in [-0.3, -0.25) is 19.7 Å². The molecule has 0 saturated heterocycles. The van der Waals surface area contributed by atoms with Gasteiger partial charge in [0.15, 0.2) is 5.69 Å². The maximum Gasteiger partial charge on any atom is 0.294 e. The monoisotopic (exact) mass is 381 g/mol. The summed E-state index contributed by atoms with van der Waals surface area (Å²) in [7, 11) is 1.80. The van der Waals surface area contributed by atoms with E-state index >= 15 is 0 Å². The smallest absolute Gasteiger partial charge is 0.294 e. The van der Waals surface area contributed by atoms with E-state index in [0.29, 0.717) is 18.7 Å². The molecule has 0 aliphatic rings. The summed E-state index contributed by atoms with van der Waals surface area (Å²) in [5.74, 6) is -0.603. The molecule has 0 spiro atoms. The molecule has 0 unspecified atom stereocenters. The Balaban J connectivity index is 0.00000338. The van der Waals surface area contributed by atoms with Crippen LogP contribution in [0.25, 0.3) is 5.69 Å². The lowest BCUT2D eigenvalue weighted by Crippen LogP contribution is -2.33. The lowest BCUT2D eigenvalue weighted by atomic mass is 10.2. The van der Waals surface area contributed by atoms with E-state index in [1.54, 1.807) is 20.0 Å². The number of halogens is 1. The minimum atomic E-state index is -0.603. The minimum absolute atomic E-state index is 0. The van der Waals surface area contributed by atoms with Gasteiger partial charge >= 0.3 is 0 Å². The Morgan fingerprint density at radius 1 is 1.31 bits per heavy atom. The summed E-state index contributed by atoms with van der Waals surface area (Å²) in [5, 5.41) is 20.8. The van der Waals surface area contributed by atoms with Crippen LogP contribution in [0, 0.1) is 17.0 Å². The zero-order valence-corrected chi connectivity index (χ0v) is 15.2. The van der Waals surface area contributed by atoms with Crippen LogP contribution >= 0.6 is 12.4 Å². The molecule has 1 aromatic carbocycles. The van der Waals surface area contributed by atoms with E-state index in [1.165, 1.54) is 28.9 Å². The van der Waals surface area contributed by atoms with Gasteiger partial charge in [0, 0.05) is 24.4 Å². The molecule has 0 saturated carbocycles. The first-order valence-electron chi connectivity index (χ1n) is 7.73. The molecule has 0 aliphatic heterocycles. The first kappa shape index (κ1) is 21.3. The van der Waals surface area contributed by atoms with Gasteiger partial charge in [-0.05, 0) is 33.0 Å². The summed E-state index contributed by atoms with van der Waals surface area (Å²) in [5.41, 5.74) is -0.408. The lowest BCUT2D eigenvalue weighted by molar-refractivity contribution is -0.384. The molecule has 0 aliphatic carbocycles. The van der Waals surface area contributed by atoms with Gasteiger partial charge in [0.1, 0.15) is 5.69 Å². The van der Waals surface area contributed by atoms with Crippen molar-refractivity contribution in [3.8, 4) is 5.69 Å². The van der Waals surface area contributed by atoms with Gasteiger partial charge in [0.25, 0.3) is 11.6 Å². The largest absolute Gasteiger partial charge is 0.350 e. The van der Waals surface area contributed by atoms with Crippen molar-refractivity contribution in [1.29, 1.82) is 0 Å². The number of nitrogens with zero attached hydrogens (tertiary/aromatic N) is 3. The molecular formula is C16H20ClN5O4. The number of carbonyl (C=O) groups excluding carboxylic acids is 1. The van der Waals surface area contributed by atoms with Gasteiger partial charge in [0.2, 0.25) is 5.43 Å². The highest BCUT2D eigenvalue weighted by molar-refractivity contribution is 5.92. The first-order valence-corrected chi connectivity index (χ1v) is 7.73. The Kier molecular flexibility index (Phi) is 7.88. The Morgan fingerprint density at radius 2 is 2.00 bits per heavy atom. The molecule has 26 heavy (non-hydrogen) atoms. The number of aryl methyl sites for hydroxylation is 1. The van der Waals surface area contributed by atoms with Gasteiger partial charge in [0.05, 0.1) is 4.92 Å². The molecule has 0 bridgehead atoms. The number of hydrogen-bond donors (Lipinski definition) is 2. The van der Waals surface area contributed by atoms with Crippen molar-refractivity contribution in [2.24, 2.45) is 0 Å². The zero-order valence-electron chi connectivity index (χ0n) is 14.4. The number of para-hydroxylation sites is 2. The van der Waals surface area contributed by atoms with Gasteiger partial charge in [-0.25, -0.2) is 4.68 Å². The Hall–Kier alpha value is -2.78. The Bertz CT molecular complexity index is 853. The predicted octanol–water partition coefficient (Wildman–Crippen LogP) is 1.21. The quantitative estimate of drug-likeness (QED) is 0.422. The fraction of sp³-hybridized carbons (Fsp3) is 0.312. The van der Waals surface area contributed by atoms with Crippen LogP contribution in [0.5, 0.6) is 0 Å². The third kappa shape index (κ3) is 4.87. The minimum Gasteiger partial charge on any atom is -0.350 e. The Morgan fingerprint density at radius 3 is 2.65 bits per heavy atom. The van der Waals surface area contributed by atoms with Crippen molar-refractivity contribution in [2.75, 3.05) is 20.1 Å². The third-order valence-electron chi connectivity index (χ3n) is 3.52. The molecule has 9 nitrogen and oxygen atoms in total. The number of nitrogens with one attached hydrogen (secondary N) is 2. The highest BCUT2D eigenvalue weighted by atomic mass is 35.5. The highest BCUT2D eigenvalue weighted by Crippen LogP contribution is 2.22. The average molecular weight is 382 g/mol. The number of nitro groups is 1. The molecule has 0 radical (unpaired) electrons. The van der Waals surface area contributed by atoms with Crippen molar-refractivity contribution >= 4 is 24.0 Å². The second kappa shape index (κ2) is 9.64. The molecule has 2 rings (SSSR count). The van der Waals surface area contributed by atoms with Crippen LogP contribution in [0.2, 0.25) is 0 Å². The highest BCUT2D eigenvalue weighted by Gasteiger charge is 2.19. The van der Waals surface area contributed by atoms with Crippen LogP contribution in [0.3, 0.4) is 0 Å². The summed E-state index contributed by atoms with van der Waals surface area (Å²) >= 11 is 0. The van der Waals surface area contributed by atoms with E-state index in [2.05, 4.69) is 15.7 Å². The van der Waals surface area contributed by atoms with Gasteiger partial charge in [-0.15, -0.1) is 12.4 Å². The summed E-state index contributed by atoms with van der Waals surface area (Å²) in [6.07, 6.45) is 0.701. The summed E-state index contributed by atoms with van der Waals surface area (Å²) in [6.45, 7) is 2.71. The van der Waals surface area contributed by atoms with Gasteiger partial charge in [-0.1, -0.05) is 12.1 Å². The molecule has 1 aromatic heterocycles. The number of hydrogen-bond acceptors (Lipinski definition) is 6. The maximum absolute atomic E-state index is 12.2. The summed E-state index contributed by atoms with van der Waals surface area (Å²) < 4.78 is 1.24. The molecule has 140 valence electrons. The predicted molar refractivity (Wildman–Crippen MR) is 99.4 cm³/mol. The molecule has 10 heteroatoms. The van der Waals surface area contributed by atoms with Crippen molar-refractivity contribution in [1.82, 2.24) is 20.4 Å². The average Bonchev–Trinajstić information content (AvgIpc) is 2.58. The number of rotatable bonds is 7. The van der Waals surface area contributed by atoms with Crippen LogP contribution in [0.1, 0.15) is 22.6 Å². The van der Waals surface area contributed by atoms with E-state index in [0.717, 1.165) is 6.54 Å². The molecular weight excluding hydrogens is 362 g/mol. The second-order valence-electron chi connectivity index (χ2n) is 5.37. The number of carbonyl (C=O) groups is 1. The van der Waals surface area contributed by atoms with E-state index < -0.39 is 16.3 Å². The van der Waals surface area contributed by atoms with Crippen LogP contribution < -0.4 is 16.1 Å². The number of benzene rings is 1. The zero-order chi connectivity index (χ0) is 18.4. The molecule has 2 aromatic rings. The standard InChI is InChI=1S/C16H19N5O4.ClH/c1-11-10-14(22)15(16(23)18-9-5-8-17-2)19-20(11)12-6-3-4-7-13(12)21(24)25;/h3-4,6-7,10,17H,5,8-9H2,1-2H3,(H,18,23);1H. The lowest BCUT2D eigenvalue weighted by Gasteiger charge is -2.11. The molecule has 2 N–H and O–H groups in total. The molecule has 1 heterocycles. The van der Waals surface area contributed by atoms with Gasteiger partial charge < -0.3 is 10.6 Å². The van der Waals surface area contributed by atoms with E-state index in [4.69, 9.17) is 0 Å². The van der Waals surface area contributed by atoms with Crippen LogP contribution in [0.15, 0.2) is 35.1 Å². The normalized spacial score (nSPS) is 10.1. The van der Waals surface area contributed by atoms with Gasteiger partial charge in [-0.2, -0.15) is 5.10 Å². The number of nitro benzene ring substituents is 1. The fourth-order valence-electron chi connectivity index (χ4n) is 2.30. The topological polar surface area (TPSA) is 119 Å². The SMILES string of the molecule is CNCCCNC(=O)c1nn(-c2ccccc2[N+](=O)[O-])c(C)cc1=O.Cl. The molecule has 0 fully saturated rings. The van der Waals surface area contributed by atoms with Crippen molar-refractivity contribution < 1.29 is 9.72 Å². The third-order valence-corrected chi connectivity index (χ3v) is 3.52. The Labute approximate surface area is 156 Å². The number of aromatic nitrogens is 2.